The summed E-state index contributed by atoms with van der Waals surface area (Å²) in [4.78, 5) is 28.9. The zero-order valence-corrected chi connectivity index (χ0v) is 16.4. The highest BCUT2D eigenvalue weighted by Crippen LogP contribution is 2.27. The van der Waals surface area contributed by atoms with E-state index in [2.05, 4.69) is 4.99 Å². The molecule has 8 heteroatoms. The van der Waals surface area contributed by atoms with E-state index in [4.69, 9.17) is 14.2 Å². The topological polar surface area (TPSA) is 79.1 Å². The van der Waals surface area contributed by atoms with Gasteiger partial charge in [-0.15, -0.1) is 0 Å². The molecule has 2 aromatic carbocycles. The third-order valence-corrected chi connectivity index (χ3v) is 4.85. The molecule has 0 saturated heterocycles. The van der Waals surface area contributed by atoms with E-state index in [0.29, 0.717) is 21.8 Å². The molecule has 0 bridgehead atoms. The summed E-state index contributed by atoms with van der Waals surface area (Å²) in [6.45, 7) is 1.74. The van der Waals surface area contributed by atoms with Gasteiger partial charge in [-0.05, 0) is 31.2 Å². The molecule has 146 valence electrons. The van der Waals surface area contributed by atoms with Gasteiger partial charge in [0.05, 0.1) is 18.4 Å². The summed E-state index contributed by atoms with van der Waals surface area (Å²) < 4.78 is 18.4. The first kappa shape index (κ1) is 19.6. The number of esters is 1. The van der Waals surface area contributed by atoms with Gasteiger partial charge in [0, 0.05) is 0 Å². The largest absolute Gasteiger partial charge is 0.495 e. The third-order valence-electron chi connectivity index (χ3n) is 3.80. The van der Waals surface area contributed by atoms with E-state index in [1.54, 1.807) is 36.8 Å². The number of nitrogens with zero attached hydrogens (tertiary/aromatic N) is 2. The number of methoxy groups -OCH3 is 1. The van der Waals surface area contributed by atoms with Crippen LogP contribution in [0.4, 0.5) is 0 Å². The normalized spacial score (nSPS) is 11.4. The Bertz CT molecular complexity index is 1040. The molecule has 1 aromatic heterocycles. The number of thiazole rings is 1. The second kappa shape index (κ2) is 9.18. The van der Waals surface area contributed by atoms with Gasteiger partial charge in [0.15, 0.2) is 11.4 Å². The molecule has 0 N–H and O–H groups in total. The van der Waals surface area contributed by atoms with Crippen molar-refractivity contribution in [3.8, 4) is 11.5 Å². The molecule has 0 aliphatic carbocycles. The maximum atomic E-state index is 12.3. The Hall–Kier alpha value is -3.13. The first-order chi connectivity index (χ1) is 13.6. The van der Waals surface area contributed by atoms with E-state index in [1.807, 2.05) is 30.3 Å². The zero-order valence-electron chi connectivity index (χ0n) is 15.6. The molecule has 3 aromatic rings. The molecule has 0 fully saturated rings. The summed E-state index contributed by atoms with van der Waals surface area (Å²) in [6.07, 6.45) is 0. The van der Waals surface area contributed by atoms with Crippen molar-refractivity contribution in [3.05, 3.63) is 53.3 Å². The molecular weight excluding hydrogens is 380 g/mol. The molecule has 0 atom stereocenters. The summed E-state index contributed by atoms with van der Waals surface area (Å²) in [6, 6.07) is 14.6. The fourth-order valence-electron chi connectivity index (χ4n) is 2.63. The summed E-state index contributed by atoms with van der Waals surface area (Å²) in [5.41, 5.74) is 0.693. The Morgan fingerprint density at radius 3 is 2.61 bits per heavy atom. The van der Waals surface area contributed by atoms with Crippen LogP contribution in [-0.4, -0.2) is 36.8 Å². The molecule has 0 aliphatic heterocycles. The summed E-state index contributed by atoms with van der Waals surface area (Å²) in [5.74, 6) is 0.311. The Balaban J connectivity index is 1.95. The molecule has 7 nitrogen and oxygen atoms in total. The fourth-order valence-corrected chi connectivity index (χ4v) is 3.69. The lowest BCUT2D eigenvalue weighted by molar-refractivity contribution is -0.143. The summed E-state index contributed by atoms with van der Waals surface area (Å²) in [7, 11) is 1.55. The van der Waals surface area contributed by atoms with Gasteiger partial charge in [-0.3, -0.25) is 9.59 Å². The van der Waals surface area contributed by atoms with Gasteiger partial charge in [-0.1, -0.05) is 35.6 Å². The number of hydrogen-bond acceptors (Lipinski definition) is 6. The Morgan fingerprint density at radius 1 is 1.11 bits per heavy atom. The van der Waals surface area contributed by atoms with Crippen molar-refractivity contribution >= 4 is 33.4 Å². The van der Waals surface area contributed by atoms with Crippen molar-refractivity contribution in [1.82, 2.24) is 4.57 Å². The van der Waals surface area contributed by atoms with Gasteiger partial charge in [0.25, 0.3) is 5.91 Å². The van der Waals surface area contributed by atoms with E-state index in [1.165, 1.54) is 11.3 Å². The Labute approximate surface area is 165 Å². The van der Waals surface area contributed by atoms with Crippen molar-refractivity contribution in [3.63, 3.8) is 0 Å². The minimum absolute atomic E-state index is 0.0696. The predicted molar refractivity (Wildman–Crippen MR) is 106 cm³/mol. The predicted octanol–water partition coefficient (Wildman–Crippen LogP) is 2.78. The number of rotatable bonds is 7. The number of fused-ring (bicyclic) bond motifs is 1. The van der Waals surface area contributed by atoms with Crippen LogP contribution in [0.2, 0.25) is 0 Å². The molecule has 0 radical (unpaired) electrons. The minimum atomic E-state index is -0.452. The molecule has 0 aliphatic rings. The number of carbonyl (C=O) groups is 2. The lowest BCUT2D eigenvalue weighted by Crippen LogP contribution is -2.24. The molecule has 1 amide bonds. The van der Waals surface area contributed by atoms with Crippen molar-refractivity contribution in [1.29, 1.82) is 0 Å². The molecular formula is C20H20N2O5S. The standard InChI is InChI=1S/C20H20N2O5S/c1-3-26-18(24)12-22-19-15(25-2)10-7-11-16(19)28-20(22)21-17(23)13-27-14-8-5-4-6-9-14/h4-11H,3,12-13H2,1-2H3. The number of hydrogen-bond donors (Lipinski definition) is 0. The quantitative estimate of drug-likeness (QED) is 0.570. The number of amides is 1. The van der Waals surface area contributed by atoms with Crippen LogP contribution in [-0.2, 0) is 20.9 Å². The second-order valence-electron chi connectivity index (χ2n) is 5.69. The molecule has 1 heterocycles. The van der Waals surface area contributed by atoms with Gasteiger partial charge in [0.2, 0.25) is 0 Å². The van der Waals surface area contributed by atoms with Crippen LogP contribution in [0.15, 0.2) is 53.5 Å². The Kier molecular flexibility index (Phi) is 6.44. The van der Waals surface area contributed by atoms with Crippen LogP contribution in [0.3, 0.4) is 0 Å². The van der Waals surface area contributed by atoms with Crippen LogP contribution >= 0.6 is 11.3 Å². The van der Waals surface area contributed by atoms with Gasteiger partial charge in [-0.25, -0.2) is 0 Å². The number of para-hydroxylation sites is 2. The van der Waals surface area contributed by atoms with E-state index in [-0.39, 0.29) is 19.8 Å². The van der Waals surface area contributed by atoms with Crippen molar-refractivity contribution < 1.29 is 23.8 Å². The SMILES string of the molecule is CCOC(=O)Cn1c(=NC(=O)COc2ccccc2)sc2cccc(OC)c21. The molecule has 0 saturated carbocycles. The Morgan fingerprint density at radius 2 is 1.89 bits per heavy atom. The van der Waals surface area contributed by atoms with E-state index >= 15 is 0 Å². The average molecular weight is 400 g/mol. The van der Waals surface area contributed by atoms with Crippen LogP contribution in [0.5, 0.6) is 11.5 Å². The minimum Gasteiger partial charge on any atom is -0.495 e. The maximum Gasteiger partial charge on any atom is 0.326 e. The molecule has 0 unspecified atom stereocenters. The fraction of sp³-hybridized carbons (Fsp3) is 0.250. The number of carbonyl (C=O) groups excluding carboxylic acids is 2. The molecule has 28 heavy (non-hydrogen) atoms. The smallest absolute Gasteiger partial charge is 0.326 e. The van der Waals surface area contributed by atoms with Crippen LogP contribution in [0.25, 0.3) is 10.2 Å². The van der Waals surface area contributed by atoms with Gasteiger partial charge < -0.3 is 18.8 Å². The van der Waals surface area contributed by atoms with Gasteiger partial charge >= 0.3 is 5.97 Å². The zero-order chi connectivity index (χ0) is 19.9. The number of aromatic nitrogens is 1. The van der Waals surface area contributed by atoms with Crippen LogP contribution in [0, 0.1) is 0 Å². The van der Waals surface area contributed by atoms with E-state index < -0.39 is 11.9 Å². The second-order valence-corrected chi connectivity index (χ2v) is 6.70. The highest BCUT2D eigenvalue weighted by Gasteiger charge is 2.15. The monoisotopic (exact) mass is 400 g/mol. The van der Waals surface area contributed by atoms with Gasteiger partial charge in [-0.2, -0.15) is 4.99 Å². The summed E-state index contributed by atoms with van der Waals surface area (Å²) in [5, 5.41) is 0. The third kappa shape index (κ3) is 4.58. The van der Waals surface area contributed by atoms with Crippen molar-refractivity contribution in [2.75, 3.05) is 20.3 Å². The molecule has 0 spiro atoms. The van der Waals surface area contributed by atoms with Crippen molar-refractivity contribution in [2.45, 2.75) is 13.5 Å². The first-order valence-corrected chi connectivity index (χ1v) is 9.51. The lowest BCUT2D eigenvalue weighted by Gasteiger charge is -2.08. The van der Waals surface area contributed by atoms with Crippen LogP contribution < -0.4 is 14.3 Å². The first-order valence-electron chi connectivity index (χ1n) is 8.69. The highest BCUT2D eigenvalue weighted by molar-refractivity contribution is 7.16. The number of ether oxygens (including phenoxy) is 3. The van der Waals surface area contributed by atoms with Crippen LogP contribution in [0.1, 0.15) is 6.92 Å². The van der Waals surface area contributed by atoms with E-state index in [0.717, 1.165) is 4.70 Å². The van der Waals surface area contributed by atoms with Gasteiger partial charge in [0.1, 0.15) is 23.6 Å². The number of benzene rings is 2. The van der Waals surface area contributed by atoms with E-state index in [9.17, 15) is 9.59 Å². The lowest BCUT2D eigenvalue weighted by atomic mass is 10.3. The summed E-state index contributed by atoms with van der Waals surface area (Å²) >= 11 is 1.30. The molecule has 3 rings (SSSR count). The highest BCUT2D eigenvalue weighted by atomic mass is 32.1. The maximum absolute atomic E-state index is 12.3. The van der Waals surface area contributed by atoms with Crippen molar-refractivity contribution in [2.24, 2.45) is 4.99 Å². The average Bonchev–Trinajstić information content (AvgIpc) is 3.04.